The molecule has 1 aromatic carbocycles. The molecule has 0 fully saturated rings. The minimum atomic E-state index is -0.837. The van der Waals surface area contributed by atoms with Crippen molar-refractivity contribution in [1.82, 2.24) is 9.78 Å². The fraction of sp³-hybridized carbons (Fsp3) is 0.167. The molecule has 0 aliphatic heterocycles. The number of rotatable bonds is 3. The van der Waals surface area contributed by atoms with Crippen LogP contribution in [0.4, 0.5) is 0 Å². The van der Waals surface area contributed by atoms with Crippen molar-refractivity contribution in [3.8, 4) is 5.69 Å². The second-order valence-electron chi connectivity index (χ2n) is 3.66. The van der Waals surface area contributed by atoms with Gasteiger partial charge in [-0.25, -0.2) is 4.68 Å². The monoisotopic (exact) mass is 216 g/mol. The van der Waals surface area contributed by atoms with Crippen molar-refractivity contribution in [1.29, 1.82) is 0 Å². The van der Waals surface area contributed by atoms with E-state index in [1.807, 2.05) is 31.3 Å². The van der Waals surface area contributed by atoms with Crippen LogP contribution in [-0.4, -0.2) is 20.9 Å². The molecule has 2 rings (SSSR count). The summed E-state index contributed by atoms with van der Waals surface area (Å²) in [5, 5.41) is 13.0. The lowest BCUT2D eigenvalue weighted by Gasteiger charge is -2.06. The Bertz CT molecular complexity index is 517. The maximum atomic E-state index is 10.7. The number of carboxylic acids is 1. The normalized spacial score (nSPS) is 10.3. The zero-order valence-electron chi connectivity index (χ0n) is 8.92. The third-order valence-electron chi connectivity index (χ3n) is 2.29. The first-order chi connectivity index (χ1) is 7.66. The van der Waals surface area contributed by atoms with Gasteiger partial charge >= 0.3 is 5.97 Å². The first-order valence-electron chi connectivity index (χ1n) is 4.98. The van der Waals surface area contributed by atoms with E-state index >= 15 is 0 Å². The van der Waals surface area contributed by atoms with Gasteiger partial charge in [-0.1, -0.05) is 18.2 Å². The van der Waals surface area contributed by atoms with Crippen LogP contribution in [-0.2, 0) is 11.2 Å². The summed E-state index contributed by atoms with van der Waals surface area (Å²) >= 11 is 0. The number of benzene rings is 1. The lowest BCUT2D eigenvalue weighted by atomic mass is 10.1. The quantitative estimate of drug-likeness (QED) is 0.851. The predicted octanol–water partition coefficient (Wildman–Crippen LogP) is 1.81. The maximum absolute atomic E-state index is 10.7. The van der Waals surface area contributed by atoms with Gasteiger partial charge in [-0.05, 0) is 24.1 Å². The van der Waals surface area contributed by atoms with Crippen LogP contribution in [0.15, 0.2) is 36.7 Å². The fourth-order valence-corrected chi connectivity index (χ4v) is 1.59. The van der Waals surface area contributed by atoms with E-state index in [0.29, 0.717) is 0 Å². The zero-order chi connectivity index (χ0) is 11.5. The van der Waals surface area contributed by atoms with Crippen molar-refractivity contribution in [3.05, 3.63) is 47.8 Å². The Morgan fingerprint density at radius 2 is 2.19 bits per heavy atom. The third-order valence-corrected chi connectivity index (χ3v) is 2.29. The Labute approximate surface area is 93.1 Å². The fourth-order valence-electron chi connectivity index (χ4n) is 1.59. The molecular formula is C12H12N2O2. The Balaban J connectivity index is 2.43. The Morgan fingerprint density at radius 3 is 2.81 bits per heavy atom. The predicted molar refractivity (Wildman–Crippen MR) is 59.6 cm³/mol. The molecule has 0 atom stereocenters. The summed E-state index contributed by atoms with van der Waals surface area (Å²) in [6.45, 7) is 1.95. The molecule has 0 spiro atoms. The minimum Gasteiger partial charge on any atom is -0.481 e. The number of para-hydroxylation sites is 1. The van der Waals surface area contributed by atoms with Crippen LogP contribution >= 0.6 is 0 Å². The lowest BCUT2D eigenvalue weighted by Crippen LogP contribution is -2.05. The van der Waals surface area contributed by atoms with Crippen molar-refractivity contribution in [2.24, 2.45) is 0 Å². The lowest BCUT2D eigenvalue weighted by molar-refractivity contribution is -0.136. The first-order valence-corrected chi connectivity index (χ1v) is 4.98. The molecule has 1 heterocycles. The van der Waals surface area contributed by atoms with E-state index in [0.717, 1.165) is 16.8 Å². The number of nitrogens with zero attached hydrogens (tertiary/aromatic N) is 2. The summed E-state index contributed by atoms with van der Waals surface area (Å²) in [4.78, 5) is 10.7. The van der Waals surface area contributed by atoms with Gasteiger partial charge in [0.1, 0.15) is 0 Å². The van der Waals surface area contributed by atoms with E-state index in [4.69, 9.17) is 5.11 Å². The van der Waals surface area contributed by atoms with Crippen LogP contribution in [0.2, 0.25) is 0 Å². The number of hydrogen-bond donors (Lipinski definition) is 1. The molecule has 82 valence electrons. The molecule has 0 aliphatic carbocycles. The van der Waals surface area contributed by atoms with E-state index in [2.05, 4.69) is 5.10 Å². The van der Waals surface area contributed by atoms with Crippen molar-refractivity contribution in [2.45, 2.75) is 13.3 Å². The van der Waals surface area contributed by atoms with E-state index in [1.54, 1.807) is 16.9 Å². The second kappa shape index (κ2) is 4.18. The minimum absolute atomic E-state index is 0.00901. The summed E-state index contributed by atoms with van der Waals surface area (Å²) in [7, 11) is 0. The Morgan fingerprint density at radius 1 is 1.44 bits per heavy atom. The summed E-state index contributed by atoms with van der Waals surface area (Å²) in [6, 6.07) is 7.38. The van der Waals surface area contributed by atoms with Gasteiger partial charge in [0.15, 0.2) is 0 Å². The molecule has 1 aromatic heterocycles. The van der Waals surface area contributed by atoms with Crippen molar-refractivity contribution >= 4 is 5.97 Å². The Kier molecular flexibility index (Phi) is 2.72. The molecule has 0 saturated carbocycles. The van der Waals surface area contributed by atoms with Crippen LogP contribution in [0, 0.1) is 6.92 Å². The van der Waals surface area contributed by atoms with E-state index in [1.165, 1.54) is 0 Å². The molecule has 0 saturated heterocycles. The molecule has 4 nitrogen and oxygen atoms in total. The van der Waals surface area contributed by atoms with E-state index < -0.39 is 5.97 Å². The molecular weight excluding hydrogens is 204 g/mol. The third kappa shape index (κ3) is 2.11. The molecule has 0 bridgehead atoms. The molecule has 16 heavy (non-hydrogen) atoms. The van der Waals surface area contributed by atoms with Crippen LogP contribution in [0.25, 0.3) is 5.69 Å². The highest BCUT2D eigenvalue weighted by Crippen LogP contribution is 2.14. The molecule has 4 heteroatoms. The molecule has 0 amide bonds. The molecule has 2 aromatic rings. The van der Waals surface area contributed by atoms with Crippen LogP contribution in [0.1, 0.15) is 11.1 Å². The summed E-state index contributed by atoms with van der Waals surface area (Å²) in [5.41, 5.74) is 2.63. The number of aromatic nitrogens is 2. The number of hydrogen-bond acceptors (Lipinski definition) is 2. The highest BCUT2D eigenvalue weighted by molar-refractivity contribution is 5.71. The van der Waals surface area contributed by atoms with Gasteiger partial charge in [-0.3, -0.25) is 4.79 Å². The van der Waals surface area contributed by atoms with E-state index in [-0.39, 0.29) is 6.42 Å². The van der Waals surface area contributed by atoms with Gasteiger partial charge in [0.05, 0.1) is 18.3 Å². The highest BCUT2D eigenvalue weighted by Gasteiger charge is 2.08. The average molecular weight is 216 g/mol. The number of aryl methyl sites for hydroxylation is 1. The first kappa shape index (κ1) is 10.4. The van der Waals surface area contributed by atoms with Gasteiger partial charge in [-0.15, -0.1) is 0 Å². The second-order valence-corrected chi connectivity index (χ2v) is 3.66. The average Bonchev–Trinajstić information content (AvgIpc) is 2.65. The van der Waals surface area contributed by atoms with Crippen molar-refractivity contribution in [2.75, 3.05) is 0 Å². The van der Waals surface area contributed by atoms with Crippen molar-refractivity contribution in [3.63, 3.8) is 0 Å². The summed E-state index contributed by atoms with van der Waals surface area (Å²) < 4.78 is 1.70. The topological polar surface area (TPSA) is 55.1 Å². The Hall–Kier alpha value is -2.10. The number of aliphatic carboxylic acids is 1. The zero-order valence-corrected chi connectivity index (χ0v) is 8.92. The standard InChI is InChI=1S/C12H12N2O2/c1-9-7-13-14(8-9)11-5-3-2-4-10(11)6-12(15)16/h2-5,7-8H,6H2,1H3,(H,15,16). The van der Waals surface area contributed by atoms with Crippen LogP contribution < -0.4 is 0 Å². The van der Waals surface area contributed by atoms with Gasteiger partial charge in [0.2, 0.25) is 0 Å². The van der Waals surface area contributed by atoms with Crippen LogP contribution in [0.3, 0.4) is 0 Å². The molecule has 0 aliphatic rings. The summed E-state index contributed by atoms with van der Waals surface area (Å²) in [5.74, 6) is -0.837. The smallest absolute Gasteiger partial charge is 0.307 e. The van der Waals surface area contributed by atoms with E-state index in [9.17, 15) is 4.79 Å². The molecule has 1 N–H and O–H groups in total. The van der Waals surface area contributed by atoms with Crippen molar-refractivity contribution < 1.29 is 9.90 Å². The largest absolute Gasteiger partial charge is 0.481 e. The van der Waals surface area contributed by atoms with Gasteiger partial charge < -0.3 is 5.11 Å². The summed E-state index contributed by atoms with van der Waals surface area (Å²) in [6.07, 6.45) is 3.63. The molecule has 0 radical (unpaired) electrons. The SMILES string of the molecule is Cc1cnn(-c2ccccc2CC(=O)O)c1. The van der Waals surface area contributed by atoms with Gasteiger partial charge in [0.25, 0.3) is 0 Å². The number of carbonyl (C=O) groups is 1. The maximum Gasteiger partial charge on any atom is 0.307 e. The molecule has 0 unspecified atom stereocenters. The highest BCUT2D eigenvalue weighted by atomic mass is 16.4. The van der Waals surface area contributed by atoms with Crippen LogP contribution in [0.5, 0.6) is 0 Å². The van der Waals surface area contributed by atoms with Gasteiger partial charge in [0, 0.05) is 6.20 Å². The number of carboxylic acid groups (broad SMARTS) is 1. The van der Waals surface area contributed by atoms with Gasteiger partial charge in [-0.2, -0.15) is 5.10 Å².